The van der Waals surface area contributed by atoms with Gasteiger partial charge in [-0.3, -0.25) is 0 Å². The summed E-state index contributed by atoms with van der Waals surface area (Å²) in [4.78, 5) is 0. The zero-order valence-corrected chi connectivity index (χ0v) is 20.4. The molecule has 0 saturated heterocycles. The van der Waals surface area contributed by atoms with Crippen LogP contribution in [0.2, 0.25) is 0 Å². The third kappa shape index (κ3) is 6.55. The fourth-order valence-electron chi connectivity index (χ4n) is 3.06. The Kier molecular flexibility index (Phi) is 8.67. The smallest absolute Gasteiger partial charge is 0.368 e. The van der Waals surface area contributed by atoms with Crippen LogP contribution in [0.5, 0.6) is 17.2 Å². The van der Waals surface area contributed by atoms with E-state index in [0.717, 1.165) is 29.0 Å². The van der Waals surface area contributed by atoms with Crippen LogP contribution < -0.4 is 24.8 Å². The molecule has 0 aromatic heterocycles. The average Bonchev–Trinajstić information content (AvgIpc) is 2.81. The largest absolute Gasteiger partial charge is 0.497 e. The van der Waals surface area contributed by atoms with Gasteiger partial charge in [0, 0.05) is 31.4 Å². The Bertz CT molecular complexity index is 1030. The van der Waals surface area contributed by atoms with Gasteiger partial charge in [-0.05, 0) is 67.2 Å². The maximum Gasteiger partial charge on any atom is 0.368 e. The molecule has 0 fully saturated rings. The highest BCUT2D eigenvalue weighted by molar-refractivity contribution is 8.09. The van der Waals surface area contributed by atoms with Crippen molar-refractivity contribution in [2.75, 3.05) is 21.2 Å². The van der Waals surface area contributed by atoms with Gasteiger partial charge < -0.3 is 24.8 Å². The molecule has 3 aromatic rings. The number of ether oxygens (including phenoxy) is 1. The molecule has 0 aliphatic heterocycles. The number of hydrogen-bond donors (Lipinski definition) is 2. The van der Waals surface area contributed by atoms with Crippen molar-refractivity contribution >= 4 is 18.4 Å². The van der Waals surface area contributed by atoms with Gasteiger partial charge in [0.2, 0.25) is 0 Å². The SMILES string of the molecule is CNCc1ccc(OP(=S)(Oc2ccc(CN)cc2)N(C)Cc2ccc(OC)cc2)cc1. The normalized spacial score (nSPS) is 12.9. The highest BCUT2D eigenvalue weighted by Gasteiger charge is 2.29. The highest BCUT2D eigenvalue weighted by Crippen LogP contribution is 2.52. The molecule has 3 aromatic carbocycles. The summed E-state index contributed by atoms with van der Waals surface area (Å²) in [6.07, 6.45) is 0. The summed E-state index contributed by atoms with van der Waals surface area (Å²) in [5.74, 6) is 2.14. The summed E-state index contributed by atoms with van der Waals surface area (Å²) in [6, 6.07) is 23.4. The lowest BCUT2D eigenvalue weighted by Gasteiger charge is -2.31. The zero-order chi connectivity index (χ0) is 23.0. The number of nitrogens with zero attached hydrogens (tertiary/aromatic N) is 1. The Balaban J connectivity index is 1.84. The Labute approximate surface area is 195 Å². The first-order valence-corrected chi connectivity index (χ1v) is 12.9. The van der Waals surface area contributed by atoms with Gasteiger partial charge >= 0.3 is 6.64 Å². The zero-order valence-electron chi connectivity index (χ0n) is 18.7. The van der Waals surface area contributed by atoms with E-state index in [1.165, 1.54) is 0 Å². The highest BCUT2D eigenvalue weighted by atomic mass is 32.5. The van der Waals surface area contributed by atoms with Crippen LogP contribution >= 0.6 is 6.64 Å². The summed E-state index contributed by atoms with van der Waals surface area (Å²) in [6.45, 7) is -1.07. The van der Waals surface area contributed by atoms with Crippen LogP contribution in [0, 0.1) is 0 Å². The van der Waals surface area contributed by atoms with Crippen molar-refractivity contribution in [3.8, 4) is 17.2 Å². The molecule has 0 saturated carbocycles. The minimum atomic E-state index is -2.90. The second-order valence-corrected chi connectivity index (χ2v) is 10.7. The van der Waals surface area contributed by atoms with E-state index in [1.807, 2.05) is 91.6 Å². The van der Waals surface area contributed by atoms with Crippen LogP contribution in [0.3, 0.4) is 0 Å². The van der Waals surface area contributed by atoms with Crippen molar-refractivity contribution < 1.29 is 13.8 Å². The Morgan fingerprint density at radius 2 is 1.28 bits per heavy atom. The van der Waals surface area contributed by atoms with E-state index in [1.54, 1.807) is 7.11 Å². The predicted molar refractivity (Wildman–Crippen MR) is 134 cm³/mol. The fourth-order valence-corrected chi connectivity index (χ4v) is 5.18. The molecule has 8 heteroatoms. The molecule has 0 bridgehead atoms. The first-order valence-electron chi connectivity index (χ1n) is 10.3. The number of nitrogens with two attached hydrogens (primary N) is 1. The van der Waals surface area contributed by atoms with Crippen LogP contribution in [0.4, 0.5) is 0 Å². The van der Waals surface area contributed by atoms with Crippen molar-refractivity contribution in [3.05, 3.63) is 89.5 Å². The molecule has 1 atom stereocenters. The number of methoxy groups -OCH3 is 1. The van der Waals surface area contributed by atoms with Crippen molar-refractivity contribution in [1.29, 1.82) is 0 Å². The van der Waals surface area contributed by atoms with Crippen molar-refractivity contribution in [3.63, 3.8) is 0 Å². The molecule has 0 heterocycles. The lowest BCUT2D eigenvalue weighted by molar-refractivity contribution is 0.381. The quantitative estimate of drug-likeness (QED) is 0.393. The number of rotatable bonds is 11. The summed E-state index contributed by atoms with van der Waals surface area (Å²) < 4.78 is 19.9. The second-order valence-electron chi connectivity index (χ2n) is 7.34. The van der Waals surface area contributed by atoms with E-state index in [9.17, 15) is 0 Å². The monoisotopic (exact) mass is 471 g/mol. The van der Waals surface area contributed by atoms with Gasteiger partial charge in [0.1, 0.15) is 17.2 Å². The van der Waals surface area contributed by atoms with Crippen LogP contribution in [-0.4, -0.2) is 25.9 Å². The van der Waals surface area contributed by atoms with Gasteiger partial charge in [0.15, 0.2) is 0 Å². The third-order valence-electron chi connectivity index (χ3n) is 4.89. The first kappa shape index (κ1) is 24.2. The minimum Gasteiger partial charge on any atom is -0.497 e. The maximum absolute atomic E-state index is 6.33. The molecular weight excluding hydrogens is 441 g/mol. The Morgan fingerprint density at radius 3 is 1.75 bits per heavy atom. The molecule has 6 nitrogen and oxygen atoms in total. The van der Waals surface area contributed by atoms with Crippen LogP contribution in [0.1, 0.15) is 16.7 Å². The van der Waals surface area contributed by atoms with Gasteiger partial charge in [0.25, 0.3) is 0 Å². The third-order valence-corrected chi connectivity index (χ3v) is 8.04. The fraction of sp³-hybridized carbons (Fsp3) is 0.250. The van der Waals surface area contributed by atoms with Gasteiger partial charge in [-0.25, -0.2) is 4.67 Å². The second kappa shape index (κ2) is 11.5. The predicted octanol–water partition coefficient (Wildman–Crippen LogP) is 4.69. The number of nitrogens with one attached hydrogen (secondary N) is 1. The van der Waals surface area contributed by atoms with E-state index < -0.39 is 6.64 Å². The van der Waals surface area contributed by atoms with Crippen LogP contribution in [0.15, 0.2) is 72.8 Å². The molecule has 0 radical (unpaired) electrons. The van der Waals surface area contributed by atoms with E-state index in [-0.39, 0.29) is 0 Å². The standard InChI is InChI=1S/C24H30N3O3PS/c1-26-17-20-6-14-24(15-7-20)30-31(32,29-23-12-4-19(16-25)5-13-23)27(2)18-21-8-10-22(28-3)11-9-21/h4-15,26H,16-18,25H2,1-3H3. The molecule has 3 N–H and O–H groups in total. The van der Waals surface area contributed by atoms with E-state index in [2.05, 4.69) is 5.32 Å². The van der Waals surface area contributed by atoms with Gasteiger partial charge in [-0.15, -0.1) is 0 Å². The molecule has 170 valence electrons. The van der Waals surface area contributed by atoms with E-state index >= 15 is 0 Å². The average molecular weight is 472 g/mol. The maximum atomic E-state index is 6.33. The van der Waals surface area contributed by atoms with Gasteiger partial charge in [0.05, 0.1) is 7.11 Å². The summed E-state index contributed by atoms with van der Waals surface area (Å²) >= 11 is 6.01. The molecule has 0 aliphatic carbocycles. The number of hydrogen-bond acceptors (Lipinski definition) is 6. The topological polar surface area (TPSA) is 69.0 Å². The van der Waals surface area contributed by atoms with Gasteiger partial charge in [-0.1, -0.05) is 36.4 Å². The summed E-state index contributed by atoms with van der Waals surface area (Å²) in [5, 5.41) is 3.14. The first-order chi connectivity index (χ1) is 15.5. The molecule has 3 rings (SSSR count). The molecule has 0 aliphatic rings. The van der Waals surface area contributed by atoms with E-state index in [0.29, 0.717) is 24.6 Å². The van der Waals surface area contributed by atoms with E-state index in [4.69, 9.17) is 31.3 Å². The number of benzene rings is 3. The lowest BCUT2D eigenvalue weighted by Crippen LogP contribution is -2.21. The molecule has 0 amide bonds. The van der Waals surface area contributed by atoms with Crippen molar-refractivity contribution in [2.24, 2.45) is 5.73 Å². The van der Waals surface area contributed by atoms with Crippen molar-refractivity contribution in [1.82, 2.24) is 9.99 Å². The summed E-state index contributed by atoms with van der Waals surface area (Å²) in [5.41, 5.74) is 8.99. The Morgan fingerprint density at radius 1 is 0.812 bits per heavy atom. The Hall–Kier alpha value is -2.41. The molecule has 0 spiro atoms. The molecular formula is C24H30N3O3PS. The van der Waals surface area contributed by atoms with Crippen LogP contribution in [-0.2, 0) is 31.4 Å². The lowest BCUT2D eigenvalue weighted by atomic mass is 10.2. The molecule has 1 unspecified atom stereocenters. The van der Waals surface area contributed by atoms with Crippen molar-refractivity contribution in [2.45, 2.75) is 19.6 Å². The van der Waals surface area contributed by atoms with Gasteiger partial charge in [-0.2, -0.15) is 0 Å². The molecule has 32 heavy (non-hydrogen) atoms. The minimum absolute atomic E-state index is 0.473. The van der Waals surface area contributed by atoms with Crippen LogP contribution in [0.25, 0.3) is 0 Å². The summed E-state index contributed by atoms with van der Waals surface area (Å²) in [7, 11) is 5.50.